The molecule has 0 aliphatic heterocycles. The predicted molar refractivity (Wildman–Crippen MR) is 86.8 cm³/mol. The predicted octanol–water partition coefficient (Wildman–Crippen LogP) is 4.03. The fourth-order valence-electron chi connectivity index (χ4n) is 2.46. The normalized spacial score (nSPS) is 11.7. The molecule has 3 heteroatoms. The Morgan fingerprint density at radius 1 is 1.26 bits per heavy atom. The first-order valence-electron chi connectivity index (χ1n) is 7.59. The van der Waals surface area contributed by atoms with Gasteiger partial charge in [-0.05, 0) is 38.1 Å². The van der Waals surface area contributed by atoms with Gasteiger partial charge in [0, 0.05) is 29.4 Å². The van der Waals surface area contributed by atoms with Crippen molar-refractivity contribution in [1.82, 2.24) is 10.2 Å². The molecule has 0 aliphatic carbocycles. The number of hydrogen-bond acceptors (Lipinski definition) is 3. The summed E-state index contributed by atoms with van der Waals surface area (Å²) in [6, 6.07) is 2.38. The highest BCUT2D eigenvalue weighted by molar-refractivity contribution is 7.12. The van der Waals surface area contributed by atoms with E-state index in [0.717, 1.165) is 25.6 Å². The minimum atomic E-state index is 0.843. The summed E-state index contributed by atoms with van der Waals surface area (Å²) in [6.45, 7) is 13.6. The lowest BCUT2D eigenvalue weighted by Crippen LogP contribution is -2.28. The number of hydrogen-bond donors (Lipinski definition) is 1. The zero-order valence-electron chi connectivity index (χ0n) is 13.3. The first-order valence-corrected chi connectivity index (χ1v) is 8.41. The second-order valence-electron chi connectivity index (χ2n) is 5.33. The first-order chi connectivity index (χ1) is 9.14. The van der Waals surface area contributed by atoms with Crippen LogP contribution in [0.3, 0.4) is 0 Å². The molecule has 0 saturated heterocycles. The highest BCUT2D eigenvalue weighted by Crippen LogP contribution is 2.23. The summed E-state index contributed by atoms with van der Waals surface area (Å²) >= 11 is 1.93. The molecule has 0 radical (unpaired) electrons. The maximum Gasteiger partial charge on any atom is 0.0296 e. The molecule has 1 heterocycles. The van der Waals surface area contributed by atoms with Crippen LogP contribution in [0.15, 0.2) is 6.07 Å². The average Bonchev–Trinajstić information content (AvgIpc) is 2.75. The maximum absolute atomic E-state index is 3.24. The Labute approximate surface area is 123 Å². The van der Waals surface area contributed by atoms with E-state index in [4.69, 9.17) is 0 Å². The maximum atomic E-state index is 3.24. The summed E-state index contributed by atoms with van der Waals surface area (Å²) in [7, 11) is 2.01. The Balaban J connectivity index is 2.64. The second-order valence-corrected chi connectivity index (χ2v) is 6.68. The molecule has 0 spiro atoms. The zero-order chi connectivity index (χ0) is 14.3. The molecule has 19 heavy (non-hydrogen) atoms. The van der Waals surface area contributed by atoms with E-state index in [9.17, 15) is 0 Å². The lowest BCUT2D eigenvalue weighted by atomic mass is 10.0. The second kappa shape index (κ2) is 8.72. The van der Waals surface area contributed by atoms with Crippen molar-refractivity contribution in [3.63, 3.8) is 0 Å². The van der Waals surface area contributed by atoms with Crippen LogP contribution in [0.2, 0.25) is 0 Å². The smallest absolute Gasteiger partial charge is 0.0296 e. The van der Waals surface area contributed by atoms with Crippen LogP contribution in [0.5, 0.6) is 0 Å². The van der Waals surface area contributed by atoms with Crippen LogP contribution < -0.4 is 5.32 Å². The van der Waals surface area contributed by atoms with Crippen LogP contribution in [-0.2, 0) is 13.1 Å². The van der Waals surface area contributed by atoms with Crippen LogP contribution >= 0.6 is 11.3 Å². The monoisotopic (exact) mass is 282 g/mol. The van der Waals surface area contributed by atoms with Crippen LogP contribution in [0, 0.1) is 12.8 Å². The third-order valence-electron chi connectivity index (χ3n) is 3.93. The van der Waals surface area contributed by atoms with Gasteiger partial charge >= 0.3 is 0 Å². The van der Waals surface area contributed by atoms with E-state index in [-0.39, 0.29) is 0 Å². The third-order valence-corrected chi connectivity index (χ3v) is 5.03. The molecule has 1 aromatic rings. The van der Waals surface area contributed by atoms with Crippen molar-refractivity contribution in [3.05, 3.63) is 21.4 Å². The molecule has 0 atom stereocenters. The Bertz CT molecular complexity index is 356. The van der Waals surface area contributed by atoms with Crippen molar-refractivity contribution in [3.8, 4) is 0 Å². The van der Waals surface area contributed by atoms with Crippen molar-refractivity contribution < 1.29 is 0 Å². The summed E-state index contributed by atoms with van der Waals surface area (Å²) in [5.74, 6) is 0.843. The number of nitrogens with one attached hydrogen (secondary N) is 1. The number of aryl methyl sites for hydroxylation is 1. The molecule has 1 N–H and O–H groups in total. The zero-order valence-corrected chi connectivity index (χ0v) is 14.1. The summed E-state index contributed by atoms with van der Waals surface area (Å²) < 4.78 is 0. The topological polar surface area (TPSA) is 15.3 Å². The van der Waals surface area contributed by atoms with Crippen LogP contribution in [0.1, 0.15) is 48.9 Å². The standard InChI is InChI=1S/C16H30N2S/c1-6-14(7-2)11-18(8-3)12-15-9-16(10-17-5)19-13(15)4/h9,14,17H,6-8,10-12H2,1-5H3. The third kappa shape index (κ3) is 5.25. The van der Waals surface area contributed by atoms with Gasteiger partial charge in [-0.3, -0.25) is 4.90 Å². The van der Waals surface area contributed by atoms with Crippen molar-refractivity contribution in [2.24, 2.45) is 5.92 Å². The number of nitrogens with zero attached hydrogens (tertiary/aromatic N) is 1. The molecule has 2 nitrogen and oxygen atoms in total. The fourth-order valence-corrected chi connectivity index (χ4v) is 3.53. The van der Waals surface area contributed by atoms with E-state index in [1.165, 1.54) is 34.7 Å². The molecule has 0 bridgehead atoms. The Kier molecular flexibility index (Phi) is 7.66. The Morgan fingerprint density at radius 3 is 2.47 bits per heavy atom. The van der Waals surface area contributed by atoms with Crippen LogP contribution in [0.25, 0.3) is 0 Å². The lowest BCUT2D eigenvalue weighted by molar-refractivity contribution is 0.226. The van der Waals surface area contributed by atoms with E-state index in [1.54, 1.807) is 0 Å². The first kappa shape index (κ1) is 16.7. The molecule has 0 aromatic carbocycles. The molecule has 0 fully saturated rings. The van der Waals surface area contributed by atoms with Gasteiger partial charge in [-0.1, -0.05) is 33.6 Å². The highest BCUT2D eigenvalue weighted by Gasteiger charge is 2.13. The van der Waals surface area contributed by atoms with E-state index >= 15 is 0 Å². The summed E-state index contributed by atoms with van der Waals surface area (Å²) in [6.07, 6.45) is 2.58. The van der Waals surface area contributed by atoms with Gasteiger partial charge in [-0.2, -0.15) is 0 Å². The molecule has 0 aliphatic rings. The molecule has 1 rings (SSSR count). The minimum Gasteiger partial charge on any atom is -0.315 e. The van der Waals surface area contributed by atoms with Gasteiger partial charge in [0.25, 0.3) is 0 Å². The van der Waals surface area contributed by atoms with Gasteiger partial charge < -0.3 is 5.32 Å². The summed E-state index contributed by atoms with van der Waals surface area (Å²) in [4.78, 5) is 5.53. The fraction of sp³-hybridized carbons (Fsp3) is 0.750. The largest absolute Gasteiger partial charge is 0.315 e. The average molecular weight is 282 g/mol. The van der Waals surface area contributed by atoms with Crippen LogP contribution in [0.4, 0.5) is 0 Å². The molecule has 1 aromatic heterocycles. The van der Waals surface area contributed by atoms with Crippen molar-refractivity contribution >= 4 is 11.3 Å². The summed E-state index contributed by atoms with van der Waals surface area (Å²) in [5, 5.41) is 3.24. The van der Waals surface area contributed by atoms with Crippen LogP contribution in [-0.4, -0.2) is 25.0 Å². The van der Waals surface area contributed by atoms with Crippen molar-refractivity contribution in [1.29, 1.82) is 0 Å². The molecule has 0 saturated carbocycles. The quantitative estimate of drug-likeness (QED) is 0.735. The molecular weight excluding hydrogens is 252 g/mol. The Morgan fingerprint density at radius 2 is 1.95 bits per heavy atom. The molecular formula is C16H30N2S. The minimum absolute atomic E-state index is 0.843. The lowest BCUT2D eigenvalue weighted by Gasteiger charge is -2.25. The van der Waals surface area contributed by atoms with Gasteiger partial charge in [-0.25, -0.2) is 0 Å². The highest BCUT2D eigenvalue weighted by atomic mass is 32.1. The van der Waals surface area contributed by atoms with E-state index in [0.29, 0.717) is 0 Å². The van der Waals surface area contributed by atoms with E-state index in [1.807, 2.05) is 18.4 Å². The van der Waals surface area contributed by atoms with E-state index in [2.05, 4.69) is 44.0 Å². The molecule has 0 amide bonds. The van der Waals surface area contributed by atoms with Gasteiger partial charge in [0.1, 0.15) is 0 Å². The van der Waals surface area contributed by atoms with Gasteiger partial charge in [0.15, 0.2) is 0 Å². The van der Waals surface area contributed by atoms with Crippen molar-refractivity contribution in [2.45, 2.75) is 53.6 Å². The van der Waals surface area contributed by atoms with Gasteiger partial charge in [0.2, 0.25) is 0 Å². The summed E-state index contributed by atoms with van der Waals surface area (Å²) in [5.41, 5.74) is 1.52. The number of rotatable bonds is 9. The van der Waals surface area contributed by atoms with Gasteiger partial charge in [-0.15, -0.1) is 11.3 Å². The SMILES string of the molecule is CCC(CC)CN(CC)Cc1cc(CNC)sc1C. The molecule has 110 valence electrons. The number of thiophene rings is 1. The van der Waals surface area contributed by atoms with Gasteiger partial charge in [0.05, 0.1) is 0 Å². The Hall–Kier alpha value is -0.380. The molecule has 0 unspecified atom stereocenters. The van der Waals surface area contributed by atoms with Crippen molar-refractivity contribution in [2.75, 3.05) is 20.1 Å². The van der Waals surface area contributed by atoms with E-state index < -0.39 is 0 Å².